The molecule has 0 bridgehead atoms. The number of hydrogen-bond acceptors (Lipinski definition) is 1. The predicted octanol–water partition coefficient (Wildman–Crippen LogP) is 7.93. The molecule has 196 valence electrons. The van der Waals surface area contributed by atoms with E-state index in [1.54, 1.807) is 0 Å². The minimum atomic E-state index is -7.23. The minimum Gasteiger partial charge on any atom is -0.245 e. The van der Waals surface area contributed by atoms with Gasteiger partial charge >= 0.3 is 36.4 Å². The first-order valence-electron chi connectivity index (χ1n) is 8.19. The maximum atomic E-state index is 14.2. The van der Waals surface area contributed by atoms with Crippen molar-refractivity contribution in [3.63, 3.8) is 0 Å². The van der Waals surface area contributed by atoms with E-state index in [1.165, 1.54) is 0 Å². The normalized spacial score (nSPS) is 18.4. The summed E-state index contributed by atoms with van der Waals surface area (Å²) in [5, 5.41) is 0. The molecule has 0 saturated heterocycles. The van der Waals surface area contributed by atoms with Crippen LogP contribution >= 0.6 is 0 Å². The Balaban J connectivity index is 6.45. The van der Waals surface area contributed by atoms with Crippen molar-refractivity contribution >= 4 is 0 Å². The van der Waals surface area contributed by atoms with Gasteiger partial charge in [0.1, 0.15) is 0 Å². The third-order valence-electron chi connectivity index (χ3n) is 4.01. The van der Waals surface area contributed by atoms with Crippen LogP contribution in [0.25, 0.3) is 0 Å². The van der Waals surface area contributed by atoms with E-state index < -0.39 is 73.4 Å². The Morgan fingerprint density at radius 1 is 0.485 bits per heavy atom. The summed E-state index contributed by atoms with van der Waals surface area (Å²) in [6.45, 7) is 5.02. The molecule has 17 heteroatoms. The minimum absolute atomic E-state index is 0.109. The Labute approximate surface area is 175 Å². The lowest BCUT2D eigenvalue weighted by Gasteiger charge is -2.41. The zero-order valence-electron chi connectivity index (χ0n) is 15.9. The fourth-order valence-electron chi connectivity index (χ4n) is 2.53. The molecular formula is C16H14F16O. The van der Waals surface area contributed by atoms with Crippen molar-refractivity contribution in [2.75, 3.05) is 0 Å². The second kappa shape index (κ2) is 9.17. The summed E-state index contributed by atoms with van der Waals surface area (Å²) >= 11 is 0. The number of halogens is 16. The molecule has 0 N–H and O–H groups in total. The number of alkyl halides is 16. The molecule has 0 aliphatic heterocycles. The lowest BCUT2D eigenvalue weighted by atomic mass is 9.88. The first kappa shape index (κ1) is 31.3. The topological polar surface area (TPSA) is 9.23 Å². The number of hydrogen-bond donors (Lipinski definition) is 0. The number of allylic oxidation sites excluding steroid dienone is 2. The maximum Gasteiger partial charge on any atom is 0.427 e. The van der Waals surface area contributed by atoms with E-state index in [9.17, 15) is 70.2 Å². The first-order valence-corrected chi connectivity index (χ1v) is 8.19. The molecule has 0 aliphatic carbocycles. The molecule has 0 rings (SSSR count). The van der Waals surface area contributed by atoms with E-state index in [-0.39, 0.29) is 12.2 Å². The van der Waals surface area contributed by atoms with Gasteiger partial charge in [-0.05, 0) is 0 Å². The molecule has 2 atom stereocenters. The molecule has 0 aromatic carbocycles. The van der Waals surface area contributed by atoms with E-state index >= 15 is 0 Å². The molecule has 0 radical (unpaired) electrons. The Morgan fingerprint density at radius 3 is 0.909 bits per heavy atom. The third kappa shape index (κ3) is 6.68. The summed E-state index contributed by atoms with van der Waals surface area (Å²) in [5.74, 6) is -13.9. The molecule has 0 heterocycles. The second-order valence-electron chi connectivity index (χ2n) is 6.78. The van der Waals surface area contributed by atoms with Gasteiger partial charge in [0.25, 0.3) is 0 Å². The zero-order valence-corrected chi connectivity index (χ0v) is 15.9. The molecule has 1 nitrogen and oxygen atoms in total. The van der Waals surface area contributed by atoms with Crippen LogP contribution in [0.2, 0.25) is 0 Å². The van der Waals surface area contributed by atoms with Crippen LogP contribution in [0.4, 0.5) is 70.2 Å². The SMILES string of the molecule is C=CCC(F)(CC(F)(F)F)C(F)(F)C(F)(F)OC(F)(F)C(F)(F)C(F)(CC=C)CC(F)(F)F. The highest BCUT2D eigenvalue weighted by molar-refractivity contribution is 5.07. The lowest BCUT2D eigenvalue weighted by molar-refractivity contribution is -0.491. The molecule has 33 heavy (non-hydrogen) atoms. The molecule has 0 fully saturated rings. The summed E-state index contributed by atoms with van der Waals surface area (Å²) in [6.07, 6.45) is -38.1. The van der Waals surface area contributed by atoms with Crippen LogP contribution in [-0.2, 0) is 4.74 Å². The summed E-state index contributed by atoms with van der Waals surface area (Å²) in [6, 6.07) is 0. The summed E-state index contributed by atoms with van der Waals surface area (Å²) < 4.78 is 215. The number of rotatable bonds is 12. The van der Waals surface area contributed by atoms with E-state index in [2.05, 4.69) is 13.2 Å². The molecule has 0 spiro atoms. The predicted molar refractivity (Wildman–Crippen MR) is 79.5 cm³/mol. The Kier molecular flexibility index (Phi) is 8.70. The van der Waals surface area contributed by atoms with Gasteiger partial charge in [0.2, 0.25) is 0 Å². The van der Waals surface area contributed by atoms with Crippen LogP contribution in [0, 0.1) is 0 Å². The van der Waals surface area contributed by atoms with Crippen molar-refractivity contribution in [2.24, 2.45) is 0 Å². The van der Waals surface area contributed by atoms with Gasteiger partial charge in [-0.1, -0.05) is 12.2 Å². The molecule has 0 aromatic heterocycles. The Morgan fingerprint density at radius 2 is 0.727 bits per heavy atom. The quantitative estimate of drug-likeness (QED) is 0.185. The fourth-order valence-corrected chi connectivity index (χ4v) is 2.53. The molecule has 0 saturated carbocycles. The van der Waals surface area contributed by atoms with Crippen molar-refractivity contribution in [3.8, 4) is 0 Å². The van der Waals surface area contributed by atoms with Gasteiger partial charge in [-0.15, -0.1) is 13.2 Å². The van der Waals surface area contributed by atoms with Crippen molar-refractivity contribution in [1.82, 2.24) is 0 Å². The fraction of sp³-hybridized carbons (Fsp3) is 0.750. The summed E-state index contributed by atoms with van der Waals surface area (Å²) in [5.41, 5.74) is -11.0. The van der Waals surface area contributed by atoms with E-state index in [4.69, 9.17) is 0 Å². The van der Waals surface area contributed by atoms with Crippen LogP contribution in [0.15, 0.2) is 25.3 Å². The van der Waals surface area contributed by atoms with Crippen molar-refractivity contribution in [1.29, 1.82) is 0 Å². The van der Waals surface area contributed by atoms with Gasteiger partial charge in [0.15, 0.2) is 11.3 Å². The average molecular weight is 526 g/mol. The van der Waals surface area contributed by atoms with Gasteiger partial charge in [0, 0.05) is 12.8 Å². The van der Waals surface area contributed by atoms with E-state index in [1.807, 2.05) is 4.74 Å². The molecular weight excluding hydrogens is 512 g/mol. The van der Waals surface area contributed by atoms with Crippen LogP contribution in [0.1, 0.15) is 25.7 Å². The van der Waals surface area contributed by atoms with Gasteiger partial charge in [-0.3, -0.25) is 0 Å². The zero-order chi connectivity index (χ0) is 26.9. The van der Waals surface area contributed by atoms with Crippen LogP contribution in [-0.4, -0.2) is 47.8 Å². The highest BCUT2D eigenvalue weighted by atomic mass is 19.4. The van der Waals surface area contributed by atoms with Crippen LogP contribution < -0.4 is 0 Å². The highest BCUT2D eigenvalue weighted by Gasteiger charge is 2.80. The smallest absolute Gasteiger partial charge is 0.245 e. The average Bonchev–Trinajstić information content (AvgIpc) is 2.49. The van der Waals surface area contributed by atoms with Crippen molar-refractivity contribution < 1.29 is 75.0 Å². The summed E-state index contributed by atoms with van der Waals surface area (Å²) in [4.78, 5) is 0. The van der Waals surface area contributed by atoms with Crippen LogP contribution in [0.5, 0.6) is 0 Å². The van der Waals surface area contributed by atoms with Gasteiger partial charge < -0.3 is 0 Å². The largest absolute Gasteiger partial charge is 0.427 e. The standard InChI is InChI=1S/C16H14F16O/c1-3-5-9(17,7-11(19,20)21)13(25,26)15(29,30)33-16(31,32)14(27,28)10(18,6-4-2)8-12(22,23)24/h3-4H,1-2,5-8H2. The van der Waals surface area contributed by atoms with Gasteiger partial charge in [0.05, 0.1) is 12.8 Å². The second-order valence-corrected chi connectivity index (χ2v) is 6.78. The van der Waals surface area contributed by atoms with Gasteiger partial charge in [-0.25, -0.2) is 13.5 Å². The monoisotopic (exact) mass is 526 g/mol. The van der Waals surface area contributed by atoms with E-state index in [0.717, 1.165) is 0 Å². The highest BCUT2D eigenvalue weighted by Crippen LogP contribution is 2.57. The lowest BCUT2D eigenvalue weighted by Crippen LogP contribution is -2.65. The first-order chi connectivity index (χ1) is 14.2. The molecule has 2 unspecified atom stereocenters. The van der Waals surface area contributed by atoms with Crippen molar-refractivity contribution in [3.05, 3.63) is 25.3 Å². The Hall–Kier alpha value is -1.68. The van der Waals surface area contributed by atoms with E-state index in [0.29, 0.717) is 0 Å². The number of ether oxygens (including phenoxy) is 1. The summed E-state index contributed by atoms with van der Waals surface area (Å²) in [7, 11) is 0. The molecule has 0 aliphatic rings. The van der Waals surface area contributed by atoms with Gasteiger partial charge in [-0.2, -0.15) is 61.5 Å². The Bertz CT molecular complexity index is 636. The molecule has 0 aromatic rings. The van der Waals surface area contributed by atoms with Crippen LogP contribution in [0.3, 0.4) is 0 Å². The van der Waals surface area contributed by atoms with Crippen molar-refractivity contribution in [2.45, 2.75) is 73.4 Å². The maximum absolute atomic E-state index is 14.2. The molecule has 0 amide bonds. The third-order valence-corrected chi connectivity index (χ3v) is 4.01.